The summed E-state index contributed by atoms with van der Waals surface area (Å²) in [5.41, 5.74) is 4.87. The first-order valence-corrected chi connectivity index (χ1v) is 8.08. The van der Waals surface area contributed by atoms with E-state index in [0.29, 0.717) is 10.9 Å². The summed E-state index contributed by atoms with van der Waals surface area (Å²) in [7, 11) is 0. The molecular weight excluding hydrogens is 395 g/mol. The maximum atomic E-state index is 13.5. The highest BCUT2D eigenvalue weighted by molar-refractivity contribution is 9.11. The lowest BCUT2D eigenvalue weighted by Gasteiger charge is -2.15. The van der Waals surface area contributed by atoms with Crippen molar-refractivity contribution in [2.24, 2.45) is 5.84 Å². The van der Waals surface area contributed by atoms with Gasteiger partial charge in [0.15, 0.2) is 0 Å². The van der Waals surface area contributed by atoms with Crippen LogP contribution in [0, 0.1) is 12.7 Å². The van der Waals surface area contributed by atoms with Gasteiger partial charge >= 0.3 is 0 Å². The predicted molar refractivity (Wildman–Crippen MR) is 84.6 cm³/mol. The number of nitrogens with two attached hydrogens (primary N) is 1. The van der Waals surface area contributed by atoms with Crippen LogP contribution in [-0.2, 0) is 6.42 Å². The minimum absolute atomic E-state index is 0.0342. The van der Waals surface area contributed by atoms with Crippen LogP contribution in [0.5, 0.6) is 0 Å². The zero-order valence-electron chi connectivity index (χ0n) is 10.2. The van der Waals surface area contributed by atoms with Gasteiger partial charge in [-0.3, -0.25) is 11.3 Å². The third-order valence-corrected chi connectivity index (χ3v) is 6.01. The van der Waals surface area contributed by atoms with E-state index in [1.54, 1.807) is 17.4 Å². The number of thiophene rings is 1. The van der Waals surface area contributed by atoms with Gasteiger partial charge in [-0.15, -0.1) is 11.3 Å². The Morgan fingerprint density at radius 2 is 2.16 bits per heavy atom. The number of hydrazine groups is 1. The summed E-state index contributed by atoms with van der Waals surface area (Å²) in [6, 6.07) is 7.09. The second kappa shape index (κ2) is 6.45. The van der Waals surface area contributed by atoms with E-state index >= 15 is 0 Å². The van der Waals surface area contributed by atoms with Gasteiger partial charge in [0.2, 0.25) is 0 Å². The lowest BCUT2D eigenvalue weighted by molar-refractivity contribution is 0.554. The summed E-state index contributed by atoms with van der Waals surface area (Å²) in [6.45, 7) is 2.04. The molecule has 0 aliphatic carbocycles. The van der Waals surface area contributed by atoms with Crippen molar-refractivity contribution in [2.45, 2.75) is 19.4 Å². The largest absolute Gasteiger partial charge is 0.271 e. The molecule has 3 N–H and O–H groups in total. The minimum atomic E-state index is -0.253. The number of rotatable bonds is 4. The molecular formula is C13H13Br2FN2S. The van der Waals surface area contributed by atoms with E-state index in [9.17, 15) is 4.39 Å². The summed E-state index contributed by atoms with van der Waals surface area (Å²) >= 11 is 8.43. The molecule has 0 radical (unpaired) electrons. The van der Waals surface area contributed by atoms with E-state index in [-0.39, 0.29) is 11.9 Å². The van der Waals surface area contributed by atoms with Crippen LogP contribution in [0.25, 0.3) is 0 Å². The Kier molecular flexibility index (Phi) is 5.14. The normalized spacial score (nSPS) is 12.7. The smallest absolute Gasteiger partial charge is 0.137 e. The van der Waals surface area contributed by atoms with Crippen LogP contribution in [0.4, 0.5) is 4.39 Å². The maximum Gasteiger partial charge on any atom is 0.137 e. The molecule has 2 aromatic rings. The lowest BCUT2D eigenvalue weighted by atomic mass is 10.0. The van der Waals surface area contributed by atoms with Gasteiger partial charge < -0.3 is 0 Å². The lowest BCUT2D eigenvalue weighted by Crippen LogP contribution is -2.29. The van der Waals surface area contributed by atoms with E-state index in [4.69, 9.17) is 5.84 Å². The molecule has 1 aromatic heterocycles. The van der Waals surface area contributed by atoms with Crippen molar-refractivity contribution in [2.75, 3.05) is 0 Å². The van der Waals surface area contributed by atoms with Crippen molar-refractivity contribution in [1.82, 2.24) is 5.43 Å². The Morgan fingerprint density at radius 3 is 2.74 bits per heavy atom. The summed E-state index contributed by atoms with van der Waals surface area (Å²) < 4.78 is 15.1. The van der Waals surface area contributed by atoms with Crippen molar-refractivity contribution in [3.05, 3.63) is 54.3 Å². The first-order valence-electron chi connectivity index (χ1n) is 5.67. The maximum absolute atomic E-state index is 13.5. The van der Waals surface area contributed by atoms with Gasteiger partial charge in [-0.05, 0) is 68.5 Å². The van der Waals surface area contributed by atoms with E-state index in [0.717, 1.165) is 14.2 Å². The van der Waals surface area contributed by atoms with E-state index in [1.807, 2.05) is 13.0 Å². The number of hydrogen-bond acceptors (Lipinski definition) is 3. The molecule has 0 aliphatic heterocycles. The SMILES string of the molecule is Cc1cc(C(Cc2cccc(F)c2Br)NN)sc1Br. The molecule has 0 bridgehead atoms. The highest BCUT2D eigenvalue weighted by Gasteiger charge is 2.17. The molecule has 1 unspecified atom stereocenters. The molecule has 6 heteroatoms. The Balaban J connectivity index is 2.26. The van der Waals surface area contributed by atoms with Gasteiger partial charge in [-0.1, -0.05) is 12.1 Å². The molecule has 0 spiro atoms. The van der Waals surface area contributed by atoms with Gasteiger partial charge in [-0.25, -0.2) is 4.39 Å². The van der Waals surface area contributed by atoms with E-state index in [1.165, 1.54) is 11.6 Å². The summed E-state index contributed by atoms with van der Waals surface area (Å²) in [5.74, 6) is 5.38. The average Bonchev–Trinajstić information content (AvgIpc) is 2.71. The van der Waals surface area contributed by atoms with Crippen LogP contribution in [0.2, 0.25) is 0 Å². The molecule has 1 aromatic carbocycles. The molecule has 0 amide bonds. The fourth-order valence-corrected chi connectivity index (χ4v) is 3.88. The zero-order chi connectivity index (χ0) is 14.0. The first kappa shape index (κ1) is 15.1. The molecule has 2 rings (SSSR count). The van der Waals surface area contributed by atoms with Gasteiger partial charge in [0.05, 0.1) is 14.3 Å². The topological polar surface area (TPSA) is 38.0 Å². The van der Waals surface area contributed by atoms with Crippen molar-refractivity contribution in [3.63, 3.8) is 0 Å². The van der Waals surface area contributed by atoms with Crippen LogP contribution < -0.4 is 11.3 Å². The van der Waals surface area contributed by atoms with Crippen LogP contribution in [0.15, 0.2) is 32.5 Å². The highest BCUT2D eigenvalue weighted by Crippen LogP contribution is 2.33. The fourth-order valence-electron chi connectivity index (χ4n) is 1.82. The fraction of sp³-hybridized carbons (Fsp3) is 0.231. The van der Waals surface area contributed by atoms with Crippen molar-refractivity contribution in [1.29, 1.82) is 0 Å². The third-order valence-electron chi connectivity index (χ3n) is 2.88. The summed E-state index contributed by atoms with van der Waals surface area (Å²) in [6.07, 6.45) is 0.626. The van der Waals surface area contributed by atoms with Crippen LogP contribution in [0.1, 0.15) is 22.0 Å². The Hall–Kier alpha value is -0.270. The number of aryl methyl sites for hydroxylation is 1. The van der Waals surface area contributed by atoms with Gasteiger partial charge in [0.1, 0.15) is 5.82 Å². The van der Waals surface area contributed by atoms with Crippen LogP contribution >= 0.6 is 43.2 Å². The molecule has 0 saturated carbocycles. The standard InChI is InChI=1S/C13H13Br2FN2S/c1-7-5-11(19-13(7)15)10(18-17)6-8-3-2-4-9(16)12(8)14/h2-5,10,18H,6,17H2,1H3. The monoisotopic (exact) mass is 406 g/mol. The molecule has 102 valence electrons. The second-order valence-corrected chi connectivity index (χ2v) is 7.44. The molecule has 0 fully saturated rings. The van der Waals surface area contributed by atoms with Crippen molar-refractivity contribution in [3.8, 4) is 0 Å². The number of hydrogen-bond donors (Lipinski definition) is 2. The molecule has 1 atom stereocenters. The third kappa shape index (κ3) is 3.44. The predicted octanol–water partition coefficient (Wildman–Crippen LogP) is 4.47. The van der Waals surface area contributed by atoms with Crippen molar-refractivity contribution >= 4 is 43.2 Å². The Morgan fingerprint density at radius 1 is 1.42 bits per heavy atom. The summed E-state index contributed by atoms with van der Waals surface area (Å²) in [5, 5.41) is 0. The Bertz CT molecular complexity index is 567. The summed E-state index contributed by atoms with van der Waals surface area (Å²) in [4.78, 5) is 1.13. The van der Waals surface area contributed by atoms with Gasteiger partial charge in [0.25, 0.3) is 0 Å². The van der Waals surface area contributed by atoms with Crippen LogP contribution in [-0.4, -0.2) is 0 Å². The molecule has 0 aliphatic rings. The Labute approximate surface area is 132 Å². The van der Waals surface area contributed by atoms with E-state index < -0.39 is 0 Å². The van der Waals surface area contributed by atoms with Crippen LogP contribution in [0.3, 0.4) is 0 Å². The van der Waals surface area contributed by atoms with E-state index in [2.05, 4.69) is 43.4 Å². The van der Waals surface area contributed by atoms with Crippen molar-refractivity contribution < 1.29 is 4.39 Å². The number of nitrogens with one attached hydrogen (secondary N) is 1. The quantitative estimate of drug-likeness (QED) is 0.579. The number of halogens is 3. The highest BCUT2D eigenvalue weighted by atomic mass is 79.9. The molecule has 19 heavy (non-hydrogen) atoms. The second-order valence-electron chi connectivity index (χ2n) is 4.24. The number of benzene rings is 1. The molecule has 2 nitrogen and oxygen atoms in total. The molecule has 0 saturated heterocycles. The first-order chi connectivity index (χ1) is 9.02. The average molecular weight is 408 g/mol. The zero-order valence-corrected chi connectivity index (χ0v) is 14.2. The van der Waals surface area contributed by atoms with Gasteiger partial charge in [-0.2, -0.15) is 0 Å². The minimum Gasteiger partial charge on any atom is -0.271 e. The molecule has 1 heterocycles. The van der Waals surface area contributed by atoms with Gasteiger partial charge in [0, 0.05) is 4.88 Å².